The quantitative estimate of drug-likeness (QED) is 0.250. The van der Waals surface area contributed by atoms with Gasteiger partial charge in [-0.2, -0.15) is 0 Å². The zero-order valence-electron chi connectivity index (χ0n) is 30.1. The molecular weight excluding hydrogens is 628 g/mol. The zero-order chi connectivity index (χ0) is 35.6. The number of nitrogens with two attached hydrogens (primary N) is 1. The van der Waals surface area contributed by atoms with Crippen LogP contribution in [-0.4, -0.2) is 61.8 Å². The lowest BCUT2D eigenvalue weighted by Gasteiger charge is -2.29. The fourth-order valence-electron chi connectivity index (χ4n) is 7.27. The number of ether oxygens (including phenoxy) is 2. The van der Waals surface area contributed by atoms with E-state index in [1.165, 1.54) is 0 Å². The van der Waals surface area contributed by atoms with Gasteiger partial charge in [0.2, 0.25) is 0 Å². The lowest BCUT2D eigenvalue weighted by atomic mass is 10.00. The molecule has 2 saturated heterocycles. The Morgan fingerprint density at radius 1 is 1.02 bits per heavy atom. The number of rotatable bonds is 4. The highest BCUT2D eigenvalue weighted by molar-refractivity contribution is 5.87. The molecule has 10 nitrogen and oxygen atoms in total. The second-order valence-corrected chi connectivity index (χ2v) is 16.7. The minimum atomic E-state index is -0.559. The number of nitrogens with zero attached hydrogens (tertiary/aromatic N) is 3. The second kappa shape index (κ2) is 11.9. The van der Waals surface area contributed by atoms with E-state index < -0.39 is 16.7 Å². The highest BCUT2D eigenvalue weighted by Gasteiger charge is 2.66. The Labute approximate surface area is 294 Å². The van der Waals surface area contributed by atoms with Crippen LogP contribution in [0.5, 0.6) is 0 Å². The predicted octanol–water partition coefficient (Wildman–Crippen LogP) is 7.18. The first-order valence-corrected chi connectivity index (χ1v) is 17.6. The lowest BCUT2D eigenvalue weighted by Crippen LogP contribution is -2.44. The fraction of sp³-hybridized carbons (Fsp3) is 0.475. The van der Waals surface area contributed by atoms with E-state index in [0.29, 0.717) is 23.9 Å². The number of aromatic amines is 1. The van der Waals surface area contributed by atoms with Crippen LogP contribution < -0.4 is 11.1 Å². The van der Waals surface area contributed by atoms with E-state index in [9.17, 15) is 9.59 Å². The minimum absolute atomic E-state index is 0.173. The van der Waals surface area contributed by atoms with Crippen molar-refractivity contribution in [3.63, 3.8) is 0 Å². The maximum atomic E-state index is 13.1. The number of nitrogens with one attached hydrogen (secondary N) is 2. The topological polar surface area (TPSA) is 126 Å². The van der Waals surface area contributed by atoms with E-state index in [1.54, 1.807) is 11.1 Å². The molecule has 3 fully saturated rings. The molecule has 2 aliphatic carbocycles. The van der Waals surface area contributed by atoms with Crippen LogP contribution in [-0.2, 0) is 9.47 Å². The van der Waals surface area contributed by atoms with Crippen molar-refractivity contribution in [2.24, 2.45) is 17.1 Å². The summed E-state index contributed by atoms with van der Waals surface area (Å²) in [6, 6.07) is 12.1. The Bertz CT molecular complexity index is 1980. The van der Waals surface area contributed by atoms with Crippen LogP contribution >= 0.6 is 0 Å². The summed E-state index contributed by atoms with van der Waals surface area (Å²) < 4.78 is 11.4. The van der Waals surface area contributed by atoms with Gasteiger partial charge < -0.3 is 25.5 Å². The largest absolute Gasteiger partial charge is 0.444 e. The molecule has 3 aromatic rings. The van der Waals surface area contributed by atoms with Crippen LogP contribution in [0.15, 0.2) is 60.6 Å². The molecular formula is C40H48N6O4. The first-order chi connectivity index (χ1) is 23.5. The molecule has 2 aliphatic heterocycles. The third-order valence-corrected chi connectivity index (χ3v) is 9.90. The van der Waals surface area contributed by atoms with Gasteiger partial charge in [0, 0.05) is 30.5 Å². The third-order valence-electron chi connectivity index (χ3n) is 9.90. The average Bonchev–Trinajstić information content (AvgIpc) is 3.73. The molecule has 10 heteroatoms. The SMILES string of the molecule is C[C@@H]1C[C@@H](c2ncc(C#Cc3ccc4cc(/C(N)=C/NC5=CC56CC5(CC5)CN6C(=O)OC(C)(C)C)ccc4c3)[nH]2)N(C(=O)OC(C)(C)C)C1. The van der Waals surface area contributed by atoms with Crippen LogP contribution in [0, 0.1) is 23.2 Å². The molecule has 3 heterocycles. The zero-order valence-corrected chi connectivity index (χ0v) is 30.1. The van der Waals surface area contributed by atoms with Gasteiger partial charge in [0.05, 0.1) is 17.9 Å². The number of likely N-dealkylation sites (tertiary alicyclic amines) is 2. The maximum absolute atomic E-state index is 13.1. The van der Waals surface area contributed by atoms with Gasteiger partial charge >= 0.3 is 12.2 Å². The van der Waals surface area contributed by atoms with E-state index in [1.807, 2.05) is 76.9 Å². The van der Waals surface area contributed by atoms with Gasteiger partial charge in [-0.05, 0) is 125 Å². The van der Waals surface area contributed by atoms with Crippen LogP contribution in [0.25, 0.3) is 16.5 Å². The Hall–Kier alpha value is -4.91. The molecule has 2 amide bonds. The van der Waals surface area contributed by atoms with Crippen molar-refractivity contribution < 1.29 is 19.1 Å². The highest BCUT2D eigenvalue weighted by Crippen LogP contribution is 2.64. The number of amides is 2. The van der Waals surface area contributed by atoms with Crippen LogP contribution in [0.3, 0.4) is 0 Å². The number of hydrogen-bond donors (Lipinski definition) is 3. The molecule has 2 aromatic carbocycles. The van der Waals surface area contributed by atoms with Gasteiger partial charge in [-0.1, -0.05) is 31.0 Å². The molecule has 0 radical (unpaired) electrons. The Balaban J connectivity index is 1.00. The van der Waals surface area contributed by atoms with E-state index >= 15 is 0 Å². The predicted molar refractivity (Wildman–Crippen MR) is 193 cm³/mol. The highest BCUT2D eigenvalue weighted by atomic mass is 16.6. The number of carbonyl (C=O) groups excluding carboxylic acids is 2. The smallest absolute Gasteiger partial charge is 0.411 e. The molecule has 50 heavy (non-hydrogen) atoms. The summed E-state index contributed by atoms with van der Waals surface area (Å²) >= 11 is 0. The molecule has 262 valence electrons. The average molecular weight is 677 g/mol. The van der Waals surface area contributed by atoms with Crippen LogP contribution in [0.1, 0.15) is 103 Å². The number of fused-ring (bicyclic) bond motifs is 1. The summed E-state index contributed by atoms with van der Waals surface area (Å²) in [5, 5.41) is 5.51. The molecule has 1 saturated carbocycles. The molecule has 3 atom stereocenters. The van der Waals surface area contributed by atoms with Crippen molar-refractivity contribution in [1.29, 1.82) is 0 Å². The first kappa shape index (κ1) is 33.6. The minimum Gasteiger partial charge on any atom is -0.444 e. The Morgan fingerprint density at radius 2 is 1.72 bits per heavy atom. The number of benzene rings is 2. The summed E-state index contributed by atoms with van der Waals surface area (Å²) in [5.74, 6) is 7.52. The Morgan fingerprint density at radius 3 is 2.44 bits per heavy atom. The van der Waals surface area contributed by atoms with Crippen molar-refractivity contribution in [2.45, 2.75) is 96.9 Å². The third kappa shape index (κ3) is 6.91. The molecule has 4 N–H and O–H groups in total. The van der Waals surface area contributed by atoms with E-state index in [0.717, 1.165) is 65.6 Å². The molecule has 0 bridgehead atoms. The van der Waals surface area contributed by atoms with Gasteiger partial charge in [-0.15, -0.1) is 0 Å². The first-order valence-electron chi connectivity index (χ1n) is 17.6. The Kier molecular flexibility index (Phi) is 7.96. The number of imidazole rings is 1. The molecule has 4 aliphatic rings. The van der Waals surface area contributed by atoms with Crippen LogP contribution in [0.4, 0.5) is 9.59 Å². The van der Waals surface area contributed by atoms with Gasteiger partial charge in [-0.25, -0.2) is 14.6 Å². The molecule has 1 aromatic heterocycles. The van der Waals surface area contributed by atoms with Crippen LogP contribution in [0.2, 0.25) is 0 Å². The van der Waals surface area contributed by atoms with Gasteiger partial charge in [-0.3, -0.25) is 9.80 Å². The van der Waals surface area contributed by atoms with Crippen molar-refractivity contribution in [3.8, 4) is 11.8 Å². The van der Waals surface area contributed by atoms with E-state index in [2.05, 4.69) is 52.3 Å². The number of H-pyrrole nitrogens is 1. The van der Waals surface area contributed by atoms with Gasteiger partial charge in [0.25, 0.3) is 0 Å². The molecule has 7 rings (SSSR count). The summed E-state index contributed by atoms with van der Waals surface area (Å²) in [5.41, 5.74) is 9.35. The molecule has 1 unspecified atom stereocenters. The fourth-order valence-corrected chi connectivity index (χ4v) is 7.27. The standard InChI is InChI=1S/C40H48N6O4/c1-25-16-32(45(22-25)35(47)49-37(2,3)4)34-43-20-30(44-34)13-9-26-8-10-28-18-29(12-11-27(28)17-26)31(41)21-42-33-19-40(33)23-39(14-15-39)24-46(40)36(48)50-38(5,6)7/h8,10-12,17-21,25,32,42H,14-16,22-24,41H2,1-7H3,(H,43,44)/b31-21-/t25-,32+,40?/m1/s1. The maximum Gasteiger partial charge on any atom is 0.411 e. The summed E-state index contributed by atoms with van der Waals surface area (Å²) in [4.78, 5) is 37.5. The van der Waals surface area contributed by atoms with Crippen molar-refractivity contribution >= 4 is 28.7 Å². The van der Waals surface area contributed by atoms with Gasteiger partial charge in [0.1, 0.15) is 28.3 Å². The monoisotopic (exact) mass is 676 g/mol. The second-order valence-electron chi connectivity index (χ2n) is 16.7. The van der Waals surface area contributed by atoms with E-state index in [4.69, 9.17) is 15.2 Å². The summed E-state index contributed by atoms with van der Waals surface area (Å²) in [7, 11) is 0. The van der Waals surface area contributed by atoms with Gasteiger partial charge in [0.15, 0.2) is 0 Å². The normalized spacial score (nSPS) is 23.9. The number of carbonyl (C=O) groups is 2. The van der Waals surface area contributed by atoms with Crippen molar-refractivity contribution in [3.05, 3.63) is 83.2 Å². The lowest BCUT2D eigenvalue weighted by molar-refractivity contribution is 0.0202. The summed E-state index contributed by atoms with van der Waals surface area (Å²) in [6.45, 7) is 14.8. The van der Waals surface area contributed by atoms with Crippen molar-refractivity contribution in [1.82, 2.24) is 25.1 Å². The number of hydrogen-bond acceptors (Lipinski definition) is 7. The van der Waals surface area contributed by atoms with E-state index in [-0.39, 0.29) is 23.6 Å². The summed E-state index contributed by atoms with van der Waals surface area (Å²) in [6.07, 6.45) is 9.15. The number of aromatic nitrogens is 2. The molecule has 2 spiro atoms. The van der Waals surface area contributed by atoms with Crippen molar-refractivity contribution in [2.75, 3.05) is 13.1 Å².